The molecule has 0 saturated carbocycles. The summed E-state index contributed by atoms with van der Waals surface area (Å²) in [5, 5.41) is 9.41. The molecule has 1 unspecified atom stereocenters. The number of amides is 2. The fourth-order valence-electron chi connectivity index (χ4n) is 2.61. The van der Waals surface area contributed by atoms with Gasteiger partial charge in [0.05, 0.1) is 18.7 Å². The summed E-state index contributed by atoms with van der Waals surface area (Å²) in [5.74, 6) is -0.801. The quantitative estimate of drug-likeness (QED) is 0.774. The van der Waals surface area contributed by atoms with Crippen molar-refractivity contribution in [2.24, 2.45) is 5.92 Å². The van der Waals surface area contributed by atoms with Gasteiger partial charge in [0.15, 0.2) is 0 Å². The van der Waals surface area contributed by atoms with Crippen LogP contribution in [0.2, 0.25) is 0 Å². The van der Waals surface area contributed by atoms with Crippen molar-refractivity contribution < 1.29 is 23.9 Å². The smallest absolute Gasteiger partial charge is 0.408 e. The third kappa shape index (κ3) is 6.26. The number of nitrogens with zero attached hydrogens (tertiary/aromatic N) is 2. The van der Waals surface area contributed by atoms with Crippen molar-refractivity contribution in [2.75, 3.05) is 5.32 Å². The van der Waals surface area contributed by atoms with E-state index in [1.54, 1.807) is 58.5 Å². The van der Waals surface area contributed by atoms with E-state index in [2.05, 4.69) is 15.7 Å². The molecule has 2 atom stereocenters. The molecule has 1 aliphatic heterocycles. The number of esters is 1. The summed E-state index contributed by atoms with van der Waals surface area (Å²) in [6.45, 7) is 10.7. The minimum absolute atomic E-state index is 0.0687. The van der Waals surface area contributed by atoms with E-state index in [1.807, 2.05) is 0 Å². The molecule has 0 saturated heterocycles. The van der Waals surface area contributed by atoms with Crippen LogP contribution < -0.4 is 10.6 Å². The maximum Gasteiger partial charge on any atom is 0.408 e. The van der Waals surface area contributed by atoms with Crippen molar-refractivity contribution in [1.29, 1.82) is 0 Å². The van der Waals surface area contributed by atoms with Crippen LogP contribution in [0.15, 0.2) is 12.3 Å². The molecule has 0 aromatic carbocycles. The van der Waals surface area contributed by atoms with E-state index in [-0.39, 0.29) is 12.3 Å². The van der Waals surface area contributed by atoms with Gasteiger partial charge in [-0.05, 0) is 48.0 Å². The van der Waals surface area contributed by atoms with E-state index in [0.717, 1.165) is 0 Å². The van der Waals surface area contributed by atoms with E-state index in [4.69, 9.17) is 9.47 Å². The summed E-state index contributed by atoms with van der Waals surface area (Å²) in [7, 11) is 0. The number of alkyl carbamates (subject to hydrolysis) is 1. The molecule has 0 aliphatic carbocycles. The average molecular weight is 380 g/mol. The first-order valence-electron chi connectivity index (χ1n) is 8.89. The summed E-state index contributed by atoms with van der Waals surface area (Å²) >= 11 is 0. The topological polar surface area (TPSA) is 112 Å². The van der Waals surface area contributed by atoms with Gasteiger partial charge in [0.25, 0.3) is 0 Å². The zero-order valence-electron chi connectivity index (χ0n) is 16.7. The van der Waals surface area contributed by atoms with Crippen molar-refractivity contribution in [3.8, 4) is 0 Å². The molecular formula is C18H28N4O5. The molecule has 0 bridgehead atoms. The van der Waals surface area contributed by atoms with Gasteiger partial charge in [0, 0.05) is 6.07 Å². The zero-order valence-corrected chi connectivity index (χ0v) is 16.7. The first-order chi connectivity index (χ1) is 12.3. The minimum Gasteiger partial charge on any atom is -0.458 e. The Morgan fingerprint density at radius 3 is 2.48 bits per heavy atom. The van der Waals surface area contributed by atoms with Crippen LogP contribution in [0.3, 0.4) is 0 Å². The van der Waals surface area contributed by atoms with Crippen LogP contribution in [0.25, 0.3) is 0 Å². The van der Waals surface area contributed by atoms with Gasteiger partial charge in [-0.3, -0.25) is 4.79 Å². The predicted octanol–water partition coefficient (Wildman–Crippen LogP) is 2.08. The molecule has 2 heterocycles. The maximum absolute atomic E-state index is 12.6. The second-order valence-electron chi connectivity index (χ2n) is 8.55. The molecule has 9 nitrogen and oxygen atoms in total. The van der Waals surface area contributed by atoms with Crippen LogP contribution >= 0.6 is 0 Å². The van der Waals surface area contributed by atoms with Gasteiger partial charge in [-0.1, -0.05) is 0 Å². The normalized spacial score (nSPS) is 18.1. The Morgan fingerprint density at radius 2 is 1.89 bits per heavy atom. The van der Waals surface area contributed by atoms with Gasteiger partial charge in [-0.15, -0.1) is 0 Å². The molecule has 2 rings (SSSR count). The van der Waals surface area contributed by atoms with Crippen molar-refractivity contribution in [1.82, 2.24) is 15.1 Å². The number of ether oxygens (including phenoxy) is 2. The van der Waals surface area contributed by atoms with Gasteiger partial charge in [-0.25, -0.2) is 14.3 Å². The molecule has 27 heavy (non-hydrogen) atoms. The van der Waals surface area contributed by atoms with E-state index in [9.17, 15) is 14.4 Å². The highest BCUT2D eigenvalue weighted by atomic mass is 16.6. The third-order valence-electron chi connectivity index (χ3n) is 3.63. The number of hydrogen-bond donors (Lipinski definition) is 2. The van der Waals surface area contributed by atoms with Crippen molar-refractivity contribution in [3.63, 3.8) is 0 Å². The number of fused-ring (bicyclic) bond motifs is 1. The first kappa shape index (κ1) is 20.7. The molecule has 2 N–H and O–H groups in total. The lowest BCUT2D eigenvalue weighted by Crippen LogP contribution is -2.48. The Labute approximate surface area is 158 Å². The lowest BCUT2D eigenvalue weighted by molar-refractivity contribution is -0.158. The van der Waals surface area contributed by atoms with E-state index in [1.165, 1.54) is 0 Å². The highest BCUT2D eigenvalue weighted by Crippen LogP contribution is 2.22. The average Bonchev–Trinajstić information content (AvgIpc) is 2.89. The number of rotatable bonds is 4. The Balaban J connectivity index is 2.13. The Morgan fingerprint density at radius 1 is 1.26 bits per heavy atom. The molecule has 150 valence electrons. The van der Waals surface area contributed by atoms with Gasteiger partial charge in [-0.2, -0.15) is 5.10 Å². The lowest BCUT2D eigenvalue weighted by Gasteiger charge is -2.29. The lowest BCUT2D eigenvalue weighted by atomic mass is 9.97. The fourth-order valence-corrected chi connectivity index (χ4v) is 2.61. The predicted molar refractivity (Wildman–Crippen MR) is 98.0 cm³/mol. The molecule has 2 amide bonds. The SMILES string of the molecule is CC(C)(C)OC(=O)N[C@@H](CC1Cn2nccc2NC1=O)C(=O)OC(C)(C)C. The van der Waals surface area contributed by atoms with Crippen LogP contribution in [-0.2, 0) is 25.6 Å². The zero-order chi connectivity index (χ0) is 20.4. The van der Waals surface area contributed by atoms with Crippen molar-refractivity contribution >= 4 is 23.8 Å². The molecule has 0 spiro atoms. The number of carbonyl (C=O) groups is 3. The summed E-state index contributed by atoms with van der Waals surface area (Å²) in [5.41, 5.74) is -1.44. The van der Waals surface area contributed by atoms with E-state index < -0.39 is 35.2 Å². The summed E-state index contributed by atoms with van der Waals surface area (Å²) in [6, 6.07) is 0.672. The minimum atomic E-state index is -1.02. The third-order valence-corrected chi connectivity index (χ3v) is 3.63. The van der Waals surface area contributed by atoms with Gasteiger partial charge in [0.2, 0.25) is 5.91 Å². The fraction of sp³-hybridized carbons (Fsp3) is 0.667. The molecule has 1 aliphatic rings. The second kappa shape index (κ2) is 7.58. The van der Waals surface area contributed by atoms with Gasteiger partial charge in [0.1, 0.15) is 23.1 Å². The number of carbonyl (C=O) groups excluding carboxylic acids is 3. The first-order valence-corrected chi connectivity index (χ1v) is 8.89. The Bertz CT molecular complexity index is 714. The molecule has 1 aromatic rings. The van der Waals surface area contributed by atoms with Crippen LogP contribution in [0.4, 0.5) is 10.6 Å². The van der Waals surface area contributed by atoms with Crippen LogP contribution in [0, 0.1) is 5.92 Å². The second-order valence-corrected chi connectivity index (χ2v) is 8.55. The highest BCUT2D eigenvalue weighted by Gasteiger charge is 2.35. The standard InChI is InChI=1S/C18H28N4O5/c1-17(2,3)26-15(24)12(20-16(25)27-18(4,5)6)9-11-10-22-13(7-8-19-22)21-14(11)23/h7-8,11-12H,9-10H2,1-6H3,(H,20,25)(H,21,23)/t11?,12-/m0/s1. The van der Waals surface area contributed by atoms with E-state index >= 15 is 0 Å². The summed E-state index contributed by atoms with van der Waals surface area (Å²) in [4.78, 5) is 37.1. The molecular weight excluding hydrogens is 352 g/mol. The summed E-state index contributed by atoms with van der Waals surface area (Å²) < 4.78 is 12.3. The molecule has 0 fully saturated rings. The van der Waals surface area contributed by atoms with Crippen LogP contribution in [-0.4, -0.2) is 45.0 Å². The number of aromatic nitrogens is 2. The van der Waals surface area contributed by atoms with E-state index in [0.29, 0.717) is 12.4 Å². The molecule has 0 radical (unpaired) electrons. The van der Waals surface area contributed by atoms with Crippen molar-refractivity contribution in [3.05, 3.63) is 12.3 Å². The number of anilines is 1. The largest absolute Gasteiger partial charge is 0.458 e. The van der Waals surface area contributed by atoms with Crippen molar-refractivity contribution in [2.45, 2.75) is 71.8 Å². The highest BCUT2D eigenvalue weighted by molar-refractivity contribution is 5.93. The molecule has 9 heteroatoms. The Kier molecular flexibility index (Phi) is 5.82. The summed E-state index contributed by atoms with van der Waals surface area (Å²) in [6.07, 6.45) is 0.913. The Hall–Kier alpha value is -2.58. The van der Waals surface area contributed by atoms with Crippen LogP contribution in [0.1, 0.15) is 48.0 Å². The maximum atomic E-state index is 12.6. The monoisotopic (exact) mass is 380 g/mol. The number of nitrogens with one attached hydrogen (secondary N) is 2. The van der Waals surface area contributed by atoms with Gasteiger partial charge < -0.3 is 20.1 Å². The number of hydrogen-bond acceptors (Lipinski definition) is 6. The van der Waals surface area contributed by atoms with Gasteiger partial charge >= 0.3 is 12.1 Å². The van der Waals surface area contributed by atoms with Crippen LogP contribution in [0.5, 0.6) is 0 Å². The molecule has 1 aromatic heterocycles.